The number of pyridine rings is 1. The second-order valence-corrected chi connectivity index (χ2v) is 11.5. The van der Waals surface area contributed by atoms with Crippen molar-refractivity contribution >= 4 is 54.3 Å². The van der Waals surface area contributed by atoms with Crippen LogP contribution in [0.2, 0.25) is 0 Å². The molecule has 1 saturated heterocycles. The molecule has 1 fully saturated rings. The topological polar surface area (TPSA) is 147 Å². The molecule has 0 spiro atoms. The number of amides is 1. The van der Waals surface area contributed by atoms with Crippen molar-refractivity contribution in [1.82, 2.24) is 14.3 Å². The quantitative estimate of drug-likeness (QED) is 0.284. The predicted octanol–water partition coefficient (Wildman–Crippen LogP) is 1.52. The van der Waals surface area contributed by atoms with E-state index in [1.165, 1.54) is 42.6 Å². The number of hydrogen-bond acceptors (Lipinski definition) is 11. The first-order valence-corrected chi connectivity index (χ1v) is 13.7. The summed E-state index contributed by atoms with van der Waals surface area (Å²) >= 11 is 1.22. The molecule has 37 heavy (non-hydrogen) atoms. The number of sulfonamides is 1. The maximum atomic E-state index is 13.3. The van der Waals surface area contributed by atoms with E-state index in [0.717, 1.165) is 10.1 Å². The third-order valence-electron chi connectivity index (χ3n) is 5.57. The van der Waals surface area contributed by atoms with Gasteiger partial charge in [-0.1, -0.05) is 28.6 Å². The third kappa shape index (κ3) is 6.22. The molecule has 2 aromatic heterocycles. The Hall–Kier alpha value is -3.17. The molecule has 1 aliphatic heterocycles. The lowest BCUT2D eigenvalue weighted by Crippen LogP contribution is -2.29. The summed E-state index contributed by atoms with van der Waals surface area (Å²) < 4.78 is 31.7. The van der Waals surface area contributed by atoms with Gasteiger partial charge in [-0.25, -0.2) is 18.4 Å². The van der Waals surface area contributed by atoms with E-state index >= 15 is 0 Å². The lowest BCUT2D eigenvalue weighted by atomic mass is 10.1. The number of oxime groups is 1. The van der Waals surface area contributed by atoms with Gasteiger partial charge in [-0.15, -0.1) is 0 Å². The molecule has 1 aliphatic rings. The smallest absolute Gasteiger partial charge is 0.280 e. The molecule has 198 valence electrons. The van der Waals surface area contributed by atoms with Crippen LogP contribution in [-0.4, -0.2) is 93.0 Å². The van der Waals surface area contributed by atoms with Gasteiger partial charge in [-0.3, -0.25) is 10.1 Å². The molecule has 3 aromatic rings. The number of likely N-dealkylation sites (N-methyl/N-ethyl adjacent to an activating group) is 1. The number of hydrogen-bond donors (Lipinski definition) is 2. The summed E-state index contributed by atoms with van der Waals surface area (Å²) in [5, 5.41) is 16.3. The molecule has 0 saturated carbocycles. The Morgan fingerprint density at radius 3 is 2.62 bits per heavy atom. The van der Waals surface area contributed by atoms with Crippen molar-refractivity contribution in [3.63, 3.8) is 0 Å². The Bertz CT molecular complexity index is 1380. The summed E-state index contributed by atoms with van der Waals surface area (Å²) in [7, 11) is 1.36. The van der Waals surface area contributed by atoms with Gasteiger partial charge in [0.25, 0.3) is 5.91 Å². The van der Waals surface area contributed by atoms with E-state index < -0.39 is 15.9 Å². The zero-order chi connectivity index (χ0) is 26.6. The number of aliphatic hydroxyl groups excluding tert-OH is 1. The van der Waals surface area contributed by atoms with Crippen molar-refractivity contribution in [1.29, 1.82) is 0 Å². The zero-order valence-electron chi connectivity index (χ0n) is 20.6. The van der Waals surface area contributed by atoms with E-state index in [4.69, 9.17) is 14.7 Å². The van der Waals surface area contributed by atoms with Crippen molar-refractivity contribution in [2.24, 2.45) is 5.16 Å². The van der Waals surface area contributed by atoms with Crippen LogP contribution in [0.4, 0.5) is 10.9 Å². The lowest BCUT2D eigenvalue weighted by Gasteiger charge is -2.16. The van der Waals surface area contributed by atoms with Crippen molar-refractivity contribution in [2.45, 2.75) is 17.4 Å². The van der Waals surface area contributed by atoms with Gasteiger partial charge in [-0.2, -0.15) is 4.31 Å². The molecule has 3 heterocycles. The van der Waals surface area contributed by atoms with Crippen molar-refractivity contribution in [3.8, 4) is 0 Å². The van der Waals surface area contributed by atoms with Crippen LogP contribution in [0, 0.1) is 0 Å². The Morgan fingerprint density at radius 2 is 1.97 bits per heavy atom. The average Bonchev–Trinajstić information content (AvgIpc) is 3.53. The maximum absolute atomic E-state index is 13.3. The SMILES string of the molecule is CN(C)c1ccc2nc(NC(=O)C(=NO[C@@H]3CCOC3)c3ccc(S(=O)(=O)N(C)CCO)cc3)sc2n1. The summed E-state index contributed by atoms with van der Waals surface area (Å²) in [6, 6.07) is 9.39. The van der Waals surface area contributed by atoms with E-state index in [2.05, 4.69) is 20.4 Å². The van der Waals surface area contributed by atoms with Crippen molar-refractivity contribution in [3.05, 3.63) is 42.0 Å². The minimum absolute atomic E-state index is 0.0195. The Kier molecular flexibility index (Phi) is 8.34. The van der Waals surface area contributed by atoms with Crippen LogP contribution >= 0.6 is 11.3 Å². The number of thiazole rings is 1. The Labute approximate surface area is 218 Å². The first kappa shape index (κ1) is 26.9. The van der Waals surface area contributed by atoms with Gasteiger partial charge in [0.1, 0.15) is 16.2 Å². The fraction of sp³-hybridized carbons (Fsp3) is 0.391. The van der Waals surface area contributed by atoms with Gasteiger partial charge in [0.05, 0.1) is 24.7 Å². The summed E-state index contributed by atoms with van der Waals surface area (Å²) in [5.74, 6) is 0.196. The summed E-state index contributed by atoms with van der Waals surface area (Å²) in [6.07, 6.45) is 0.357. The number of ether oxygens (including phenoxy) is 1. The number of rotatable bonds is 10. The van der Waals surface area contributed by atoms with Gasteiger partial charge in [0, 0.05) is 39.7 Å². The molecule has 0 aliphatic carbocycles. The maximum Gasteiger partial charge on any atom is 0.280 e. The number of fused-ring (bicyclic) bond motifs is 1. The van der Waals surface area contributed by atoms with Crippen LogP contribution in [0.25, 0.3) is 10.3 Å². The Morgan fingerprint density at radius 1 is 1.22 bits per heavy atom. The second kappa shape index (κ2) is 11.5. The van der Waals surface area contributed by atoms with Crippen LogP contribution < -0.4 is 10.2 Å². The van der Waals surface area contributed by atoms with Crippen LogP contribution in [0.3, 0.4) is 0 Å². The third-order valence-corrected chi connectivity index (χ3v) is 8.32. The highest BCUT2D eigenvalue weighted by Gasteiger charge is 2.24. The number of nitrogens with one attached hydrogen (secondary N) is 1. The molecule has 0 radical (unpaired) electrons. The van der Waals surface area contributed by atoms with Crippen molar-refractivity contribution in [2.75, 3.05) is 57.7 Å². The Balaban J connectivity index is 1.60. The summed E-state index contributed by atoms with van der Waals surface area (Å²) in [6.45, 7) is 0.572. The van der Waals surface area contributed by atoms with E-state index in [0.29, 0.717) is 40.7 Å². The standard InChI is InChI=1S/C23H28N6O6S2/c1-28(2)19-9-8-18-22(25-19)36-23(24-18)26-21(31)20(27-35-16-10-13-34-14-16)15-4-6-17(7-5-15)37(32,33)29(3)11-12-30/h4-9,16,30H,10-14H2,1-3H3,(H,24,26,31)/t16-/m1/s1. The molecular formula is C23H28N6O6S2. The minimum atomic E-state index is -3.80. The summed E-state index contributed by atoms with van der Waals surface area (Å²) in [5.41, 5.74) is 0.959. The molecule has 14 heteroatoms. The highest BCUT2D eigenvalue weighted by Crippen LogP contribution is 2.26. The molecule has 0 bridgehead atoms. The van der Waals surface area contributed by atoms with Gasteiger partial charge >= 0.3 is 0 Å². The van der Waals surface area contributed by atoms with E-state index in [9.17, 15) is 13.2 Å². The normalized spacial score (nSPS) is 16.4. The molecule has 4 rings (SSSR count). The van der Waals surface area contributed by atoms with E-state index in [1.807, 2.05) is 31.1 Å². The predicted molar refractivity (Wildman–Crippen MR) is 141 cm³/mol. The number of carbonyl (C=O) groups is 1. The number of nitrogens with zero attached hydrogens (tertiary/aromatic N) is 5. The fourth-order valence-electron chi connectivity index (χ4n) is 3.44. The monoisotopic (exact) mass is 548 g/mol. The van der Waals surface area contributed by atoms with E-state index in [-0.39, 0.29) is 29.9 Å². The fourth-order valence-corrected chi connectivity index (χ4v) is 5.43. The minimum Gasteiger partial charge on any atom is -0.395 e. The lowest BCUT2D eigenvalue weighted by molar-refractivity contribution is -0.110. The average molecular weight is 549 g/mol. The highest BCUT2D eigenvalue weighted by molar-refractivity contribution is 7.89. The molecule has 0 unspecified atom stereocenters. The largest absolute Gasteiger partial charge is 0.395 e. The van der Waals surface area contributed by atoms with Crippen LogP contribution in [0.15, 0.2) is 46.4 Å². The van der Waals surface area contributed by atoms with Crippen LogP contribution in [0.5, 0.6) is 0 Å². The van der Waals surface area contributed by atoms with E-state index in [1.54, 1.807) is 0 Å². The summed E-state index contributed by atoms with van der Waals surface area (Å²) in [4.78, 5) is 30.4. The number of carbonyl (C=O) groups excluding carboxylic acids is 1. The second-order valence-electron chi connectivity index (χ2n) is 8.47. The molecule has 1 atom stereocenters. The first-order valence-electron chi connectivity index (χ1n) is 11.4. The molecular weight excluding hydrogens is 520 g/mol. The van der Waals surface area contributed by atoms with Crippen LogP contribution in [0.1, 0.15) is 12.0 Å². The van der Waals surface area contributed by atoms with Gasteiger partial charge in [0.15, 0.2) is 16.9 Å². The highest BCUT2D eigenvalue weighted by atomic mass is 32.2. The van der Waals surface area contributed by atoms with Crippen LogP contribution in [-0.2, 0) is 24.4 Å². The first-order chi connectivity index (χ1) is 17.7. The van der Waals surface area contributed by atoms with Gasteiger partial charge in [0.2, 0.25) is 10.0 Å². The number of aromatic nitrogens is 2. The molecule has 12 nitrogen and oxygen atoms in total. The number of anilines is 2. The van der Waals surface area contributed by atoms with Gasteiger partial charge in [-0.05, 0) is 24.3 Å². The van der Waals surface area contributed by atoms with Gasteiger partial charge < -0.3 is 19.6 Å². The number of aliphatic hydroxyl groups is 1. The van der Waals surface area contributed by atoms with Crippen molar-refractivity contribution < 1.29 is 27.9 Å². The molecule has 1 aromatic carbocycles. The molecule has 2 N–H and O–H groups in total. The molecule has 1 amide bonds. The zero-order valence-corrected chi connectivity index (χ0v) is 22.3. The number of benzene rings is 1.